The van der Waals surface area contributed by atoms with E-state index in [1.807, 2.05) is 84.9 Å². The third kappa shape index (κ3) is 2.99. The Kier molecular flexibility index (Phi) is 3.95. The number of para-hydroxylation sites is 1. The molecule has 2 heteroatoms. The van der Waals surface area contributed by atoms with Gasteiger partial charge in [0, 0.05) is 5.57 Å². The summed E-state index contributed by atoms with van der Waals surface area (Å²) in [5.41, 5.74) is 4.45. The summed E-state index contributed by atoms with van der Waals surface area (Å²) in [6, 6.07) is 25.5. The van der Waals surface area contributed by atoms with Crippen LogP contribution in [0.4, 0.5) is 0 Å². The topological polar surface area (TPSA) is 26.3 Å². The minimum Gasteiger partial charge on any atom is -0.480 e. The lowest BCUT2D eigenvalue weighted by molar-refractivity contribution is 0.0963. The monoisotopic (exact) mass is 326 g/mol. The van der Waals surface area contributed by atoms with Gasteiger partial charge >= 0.3 is 0 Å². The van der Waals surface area contributed by atoms with E-state index < -0.39 is 6.10 Å². The van der Waals surface area contributed by atoms with E-state index in [-0.39, 0.29) is 5.78 Å². The molecular formula is C23H18O2. The van der Waals surface area contributed by atoms with Crippen molar-refractivity contribution in [2.24, 2.45) is 0 Å². The van der Waals surface area contributed by atoms with Gasteiger partial charge in [-0.05, 0) is 36.3 Å². The highest BCUT2D eigenvalue weighted by Crippen LogP contribution is 2.39. The van der Waals surface area contributed by atoms with Crippen molar-refractivity contribution in [2.75, 3.05) is 0 Å². The van der Waals surface area contributed by atoms with Crippen molar-refractivity contribution in [2.45, 2.75) is 13.0 Å². The molecule has 0 aromatic heterocycles. The Morgan fingerprint density at radius 3 is 2.28 bits per heavy atom. The number of ketones is 1. The molecule has 0 bridgehead atoms. The first kappa shape index (κ1) is 15.4. The number of hydrogen-bond acceptors (Lipinski definition) is 2. The molecule has 1 aliphatic heterocycles. The summed E-state index contributed by atoms with van der Waals surface area (Å²) in [5, 5.41) is 0. The maximum absolute atomic E-state index is 13.1. The second kappa shape index (κ2) is 6.40. The van der Waals surface area contributed by atoms with Gasteiger partial charge in [0.25, 0.3) is 0 Å². The minimum atomic E-state index is -0.398. The molecule has 0 radical (unpaired) electrons. The molecule has 0 amide bonds. The van der Waals surface area contributed by atoms with Crippen molar-refractivity contribution in [1.29, 1.82) is 0 Å². The second-order valence-electron chi connectivity index (χ2n) is 6.24. The van der Waals surface area contributed by atoms with E-state index in [9.17, 15) is 4.79 Å². The molecule has 25 heavy (non-hydrogen) atoms. The summed E-state index contributed by atoms with van der Waals surface area (Å²) in [4.78, 5) is 13.1. The van der Waals surface area contributed by atoms with Gasteiger partial charge in [0.15, 0.2) is 11.9 Å². The van der Waals surface area contributed by atoms with E-state index >= 15 is 0 Å². The summed E-state index contributed by atoms with van der Waals surface area (Å²) in [6.07, 6.45) is 1.54. The van der Waals surface area contributed by atoms with Crippen molar-refractivity contribution in [1.82, 2.24) is 0 Å². The zero-order chi connectivity index (χ0) is 17.2. The van der Waals surface area contributed by atoms with E-state index in [2.05, 4.69) is 6.92 Å². The number of aryl methyl sites for hydroxylation is 1. The van der Waals surface area contributed by atoms with Crippen LogP contribution in [0.5, 0.6) is 5.75 Å². The van der Waals surface area contributed by atoms with Gasteiger partial charge < -0.3 is 4.74 Å². The molecule has 0 aliphatic carbocycles. The Hall–Kier alpha value is -3.13. The van der Waals surface area contributed by atoms with Crippen molar-refractivity contribution >= 4 is 11.9 Å². The van der Waals surface area contributed by atoms with Crippen molar-refractivity contribution in [3.63, 3.8) is 0 Å². The molecule has 0 spiro atoms. The fourth-order valence-corrected chi connectivity index (χ4v) is 3.08. The molecule has 1 heterocycles. The quantitative estimate of drug-likeness (QED) is 0.590. The molecule has 1 unspecified atom stereocenters. The van der Waals surface area contributed by atoms with Gasteiger partial charge in [-0.25, -0.2) is 0 Å². The maximum atomic E-state index is 13.1. The van der Waals surface area contributed by atoms with E-state index in [0.29, 0.717) is 16.9 Å². The van der Waals surface area contributed by atoms with Crippen LogP contribution in [0.1, 0.15) is 33.2 Å². The van der Waals surface area contributed by atoms with Crippen LogP contribution in [-0.4, -0.2) is 5.78 Å². The number of carbonyl (C=O) groups is 1. The molecular weight excluding hydrogens is 308 g/mol. The Labute approximate surface area is 147 Å². The standard InChI is InChI=1S/C23H18O2/c1-16-11-13-17(14-12-16)15-20-22(24)19-9-5-6-10-21(19)25-23(20)18-7-3-2-4-8-18/h2-15,23H,1H3/b20-15+. The van der Waals surface area contributed by atoms with E-state index in [1.165, 1.54) is 5.56 Å². The lowest BCUT2D eigenvalue weighted by Gasteiger charge is -2.28. The lowest BCUT2D eigenvalue weighted by atomic mass is 9.89. The zero-order valence-electron chi connectivity index (χ0n) is 14.0. The van der Waals surface area contributed by atoms with Crippen molar-refractivity contribution < 1.29 is 9.53 Å². The Bertz CT molecular complexity index is 937. The van der Waals surface area contributed by atoms with Gasteiger partial charge in [-0.1, -0.05) is 72.3 Å². The molecule has 0 N–H and O–H groups in total. The van der Waals surface area contributed by atoms with Crippen LogP contribution in [0.3, 0.4) is 0 Å². The molecule has 0 saturated carbocycles. The van der Waals surface area contributed by atoms with Gasteiger partial charge in [0.2, 0.25) is 0 Å². The number of Topliss-reactive ketones (excluding diaryl/α,β-unsaturated/α-hetero) is 1. The number of benzene rings is 3. The van der Waals surface area contributed by atoms with Crippen LogP contribution in [0.15, 0.2) is 84.4 Å². The fourth-order valence-electron chi connectivity index (χ4n) is 3.08. The third-order valence-corrected chi connectivity index (χ3v) is 4.42. The molecule has 4 rings (SSSR count). The summed E-state index contributed by atoms with van der Waals surface area (Å²) in [5.74, 6) is 0.665. The third-order valence-electron chi connectivity index (χ3n) is 4.42. The van der Waals surface area contributed by atoms with Crippen LogP contribution >= 0.6 is 0 Å². The maximum Gasteiger partial charge on any atom is 0.196 e. The number of ether oxygens (including phenoxy) is 1. The molecule has 1 atom stereocenters. The fraction of sp³-hybridized carbons (Fsp3) is 0.0870. The SMILES string of the molecule is Cc1ccc(/C=C2\C(=O)c3ccccc3OC2c2ccccc2)cc1. The highest BCUT2D eigenvalue weighted by Gasteiger charge is 2.32. The summed E-state index contributed by atoms with van der Waals surface area (Å²) < 4.78 is 6.21. The molecule has 122 valence electrons. The molecule has 1 aliphatic rings. The van der Waals surface area contributed by atoms with Crippen LogP contribution in [0.2, 0.25) is 0 Å². The summed E-state index contributed by atoms with van der Waals surface area (Å²) in [7, 11) is 0. The Morgan fingerprint density at radius 2 is 1.52 bits per heavy atom. The highest BCUT2D eigenvalue weighted by atomic mass is 16.5. The van der Waals surface area contributed by atoms with Crippen molar-refractivity contribution in [3.8, 4) is 5.75 Å². The van der Waals surface area contributed by atoms with Gasteiger partial charge in [0.1, 0.15) is 5.75 Å². The van der Waals surface area contributed by atoms with E-state index in [1.54, 1.807) is 0 Å². The summed E-state index contributed by atoms with van der Waals surface area (Å²) >= 11 is 0. The van der Waals surface area contributed by atoms with Crippen LogP contribution in [0.25, 0.3) is 6.08 Å². The van der Waals surface area contributed by atoms with Crippen LogP contribution < -0.4 is 4.74 Å². The van der Waals surface area contributed by atoms with Gasteiger partial charge in [0.05, 0.1) is 5.56 Å². The largest absolute Gasteiger partial charge is 0.480 e. The number of carbonyl (C=O) groups excluding carboxylic acids is 1. The lowest BCUT2D eigenvalue weighted by Crippen LogP contribution is -2.23. The van der Waals surface area contributed by atoms with Crippen LogP contribution in [0, 0.1) is 6.92 Å². The average molecular weight is 326 g/mol. The predicted octanol–water partition coefficient (Wildman–Crippen LogP) is 5.40. The average Bonchev–Trinajstić information content (AvgIpc) is 2.66. The Morgan fingerprint density at radius 1 is 0.840 bits per heavy atom. The molecule has 0 saturated heterocycles. The highest BCUT2D eigenvalue weighted by molar-refractivity contribution is 6.14. The molecule has 0 fully saturated rings. The smallest absolute Gasteiger partial charge is 0.196 e. The number of rotatable bonds is 2. The summed E-state index contributed by atoms with van der Waals surface area (Å²) in [6.45, 7) is 2.05. The van der Waals surface area contributed by atoms with Gasteiger partial charge in [-0.2, -0.15) is 0 Å². The first-order valence-electron chi connectivity index (χ1n) is 8.36. The number of hydrogen-bond donors (Lipinski definition) is 0. The second-order valence-corrected chi connectivity index (χ2v) is 6.24. The molecule has 2 nitrogen and oxygen atoms in total. The van der Waals surface area contributed by atoms with Crippen LogP contribution in [-0.2, 0) is 0 Å². The first-order valence-corrected chi connectivity index (χ1v) is 8.36. The predicted molar refractivity (Wildman–Crippen MR) is 99.7 cm³/mol. The van der Waals surface area contributed by atoms with Gasteiger partial charge in [-0.3, -0.25) is 4.79 Å². The minimum absolute atomic E-state index is 0.0243. The molecule has 3 aromatic rings. The molecule has 3 aromatic carbocycles. The Balaban J connectivity index is 1.85. The van der Waals surface area contributed by atoms with Gasteiger partial charge in [-0.15, -0.1) is 0 Å². The van der Waals surface area contributed by atoms with Crippen molar-refractivity contribution in [3.05, 3.63) is 107 Å². The number of fused-ring (bicyclic) bond motifs is 1. The first-order chi connectivity index (χ1) is 12.2. The normalized spacial score (nSPS) is 17.9. The van der Waals surface area contributed by atoms with E-state index in [0.717, 1.165) is 11.1 Å². The zero-order valence-corrected chi connectivity index (χ0v) is 14.0. The van der Waals surface area contributed by atoms with E-state index in [4.69, 9.17) is 4.74 Å².